The molecule has 0 atom stereocenters. The zero-order chi connectivity index (χ0) is 9.40. The second kappa shape index (κ2) is 6.40. The van der Waals surface area contributed by atoms with Crippen LogP contribution in [0.5, 0.6) is 0 Å². The number of aryl methyl sites for hydroxylation is 1. The van der Waals surface area contributed by atoms with Gasteiger partial charge in [-0.05, 0) is 26.0 Å². The van der Waals surface area contributed by atoms with E-state index >= 15 is 0 Å². The van der Waals surface area contributed by atoms with Gasteiger partial charge in [-0.2, -0.15) is 0 Å². The van der Waals surface area contributed by atoms with Crippen molar-refractivity contribution in [1.82, 2.24) is 0 Å². The molecule has 1 rings (SSSR count). The summed E-state index contributed by atoms with van der Waals surface area (Å²) in [6.07, 6.45) is 0.750. The van der Waals surface area contributed by atoms with Crippen LogP contribution in [0.2, 0.25) is 0 Å². The van der Waals surface area contributed by atoms with Crippen molar-refractivity contribution in [2.45, 2.75) is 13.8 Å². The third-order valence-corrected chi connectivity index (χ3v) is 1.34. The van der Waals surface area contributed by atoms with Gasteiger partial charge in [0.15, 0.2) is 0 Å². The maximum atomic E-state index is 8.81. The average Bonchev–Trinajstić information content (AvgIpc) is 2.07. The van der Waals surface area contributed by atoms with Crippen molar-refractivity contribution < 1.29 is 4.79 Å². The summed E-state index contributed by atoms with van der Waals surface area (Å²) in [7, 11) is 1.92. The normalized spacial score (nSPS) is 7.92. The third-order valence-electron chi connectivity index (χ3n) is 1.34. The molecule has 0 radical (unpaired) electrons. The van der Waals surface area contributed by atoms with Crippen LogP contribution in [0.4, 0.5) is 5.69 Å². The first-order valence-electron chi connectivity index (χ1n) is 3.88. The van der Waals surface area contributed by atoms with E-state index in [0.717, 1.165) is 6.29 Å². The Balaban J connectivity index is 0.000000354. The van der Waals surface area contributed by atoms with Gasteiger partial charge in [-0.25, -0.2) is 0 Å². The topological polar surface area (TPSA) is 29.1 Å². The Morgan fingerprint density at radius 3 is 2.00 bits per heavy atom. The van der Waals surface area contributed by atoms with E-state index in [1.165, 1.54) is 18.2 Å². The smallest absolute Gasteiger partial charge is 0.116 e. The molecule has 1 aromatic carbocycles. The predicted octanol–water partition coefficient (Wildman–Crippen LogP) is 2.24. The fraction of sp³-hybridized carbons (Fsp3) is 0.300. The maximum Gasteiger partial charge on any atom is 0.116 e. The van der Waals surface area contributed by atoms with Crippen LogP contribution < -0.4 is 5.32 Å². The molecule has 0 amide bonds. The molecule has 0 fully saturated rings. The minimum atomic E-state index is 0.750. The first kappa shape index (κ1) is 10.7. The quantitative estimate of drug-likeness (QED) is 0.646. The molecule has 0 unspecified atom stereocenters. The van der Waals surface area contributed by atoms with E-state index in [1.54, 1.807) is 0 Å². The van der Waals surface area contributed by atoms with E-state index < -0.39 is 0 Å². The van der Waals surface area contributed by atoms with Gasteiger partial charge in [0.1, 0.15) is 6.29 Å². The molecule has 0 spiro atoms. The monoisotopic (exact) mass is 165 g/mol. The van der Waals surface area contributed by atoms with Crippen molar-refractivity contribution in [1.29, 1.82) is 0 Å². The minimum absolute atomic E-state index is 0.750. The van der Waals surface area contributed by atoms with Gasteiger partial charge in [0, 0.05) is 12.7 Å². The lowest BCUT2D eigenvalue weighted by atomic mass is 10.2. The van der Waals surface area contributed by atoms with Crippen LogP contribution >= 0.6 is 0 Å². The molecular formula is C10H15NO. The zero-order valence-corrected chi connectivity index (χ0v) is 7.79. The Kier molecular flexibility index (Phi) is 5.70. The van der Waals surface area contributed by atoms with Crippen molar-refractivity contribution in [3.63, 3.8) is 0 Å². The third kappa shape index (κ3) is 4.50. The second-order valence-electron chi connectivity index (χ2n) is 2.35. The Labute approximate surface area is 73.6 Å². The molecular weight excluding hydrogens is 150 g/mol. The minimum Gasteiger partial charge on any atom is -0.388 e. The Bertz CT molecular complexity index is 216. The molecule has 0 aromatic heterocycles. The Morgan fingerprint density at radius 1 is 1.25 bits per heavy atom. The van der Waals surface area contributed by atoms with Crippen LogP contribution in [0.25, 0.3) is 0 Å². The van der Waals surface area contributed by atoms with Crippen LogP contribution in [0, 0.1) is 6.92 Å². The fourth-order valence-electron chi connectivity index (χ4n) is 0.720. The molecule has 1 N–H and O–H groups in total. The van der Waals surface area contributed by atoms with Gasteiger partial charge >= 0.3 is 0 Å². The van der Waals surface area contributed by atoms with Crippen LogP contribution in [0.3, 0.4) is 0 Å². The van der Waals surface area contributed by atoms with E-state index in [1.807, 2.05) is 7.05 Å². The van der Waals surface area contributed by atoms with Gasteiger partial charge in [0.05, 0.1) is 0 Å². The number of nitrogens with one attached hydrogen (secondary N) is 1. The maximum absolute atomic E-state index is 8.81. The molecule has 12 heavy (non-hydrogen) atoms. The Morgan fingerprint density at radius 2 is 1.67 bits per heavy atom. The summed E-state index contributed by atoms with van der Waals surface area (Å²) >= 11 is 0. The van der Waals surface area contributed by atoms with E-state index in [0.29, 0.717) is 0 Å². The number of anilines is 1. The Hall–Kier alpha value is -1.31. The molecule has 0 aliphatic heterocycles. The lowest BCUT2D eigenvalue weighted by Gasteiger charge is -1.97. The average molecular weight is 165 g/mol. The van der Waals surface area contributed by atoms with E-state index in [9.17, 15) is 0 Å². The van der Waals surface area contributed by atoms with Crippen molar-refractivity contribution in [3.05, 3.63) is 29.8 Å². The summed E-state index contributed by atoms with van der Waals surface area (Å²) in [5.41, 5.74) is 2.47. The van der Waals surface area contributed by atoms with Gasteiger partial charge in [0.25, 0.3) is 0 Å². The number of benzene rings is 1. The van der Waals surface area contributed by atoms with Crippen LogP contribution in [0.1, 0.15) is 12.5 Å². The van der Waals surface area contributed by atoms with Gasteiger partial charge in [-0.15, -0.1) is 0 Å². The highest BCUT2D eigenvalue weighted by Gasteiger charge is 1.83. The highest BCUT2D eigenvalue weighted by Crippen LogP contribution is 2.06. The van der Waals surface area contributed by atoms with Crippen molar-refractivity contribution in [3.8, 4) is 0 Å². The molecule has 2 heteroatoms. The molecule has 0 aliphatic carbocycles. The van der Waals surface area contributed by atoms with Crippen molar-refractivity contribution in [2.75, 3.05) is 12.4 Å². The molecule has 66 valence electrons. The summed E-state index contributed by atoms with van der Waals surface area (Å²) in [5, 5.41) is 3.05. The number of aldehydes is 1. The van der Waals surface area contributed by atoms with Gasteiger partial charge < -0.3 is 10.1 Å². The standard InChI is InChI=1S/C8H11N.C2H4O/c1-7-3-5-8(9-2)6-4-7;1-2-3/h3-6,9H,1-2H3;2H,1H3. The van der Waals surface area contributed by atoms with E-state index in [-0.39, 0.29) is 0 Å². The molecule has 0 bridgehead atoms. The van der Waals surface area contributed by atoms with Gasteiger partial charge in [-0.3, -0.25) is 0 Å². The summed E-state index contributed by atoms with van der Waals surface area (Å²) in [4.78, 5) is 8.81. The number of rotatable bonds is 1. The molecule has 1 aromatic rings. The summed E-state index contributed by atoms with van der Waals surface area (Å²) in [5.74, 6) is 0. The lowest BCUT2D eigenvalue weighted by molar-refractivity contribution is -0.106. The lowest BCUT2D eigenvalue weighted by Crippen LogP contribution is -1.85. The summed E-state index contributed by atoms with van der Waals surface area (Å²) in [6.45, 7) is 3.53. The SMILES string of the molecule is CC=O.CNc1ccc(C)cc1. The molecule has 0 saturated carbocycles. The molecule has 0 aliphatic rings. The van der Waals surface area contributed by atoms with E-state index in [2.05, 4.69) is 36.5 Å². The molecule has 0 heterocycles. The fourth-order valence-corrected chi connectivity index (χ4v) is 0.720. The predicted molar refractivity (Wildman–Crippen MR) is 52.5 cm³/mol. The zero-order valence-electron chi connectivity index (χ0n) is 7.79. The number of carbonyl (C=O) groups excluding carboxylic acids is 1. The first-order valence-corrected chi connectivity index (χ1v) is 3.88. The largest absolute Gasteiger partial charge is 0.388 e. The second-order valence-corrected chi connectivity index (χ2v) is 2.35. The van der Waals surface area contributed by atoms with Crippen molar-refractivity contribution >= 4 is 12.0 Å². The van der Waals surface area contributed by atoms with Crippen molar-refractivity contribution in [2.24, 2.45) is 0 Å². The van der Waals surface area contributed by atoms with E-state index in [4.69, 9.17) is 4.79 Å². The summed E-state index contributed by atoms with van der Waals surface area (Å²) in [6, 6.07) is 8.31. The van der Waals surface area contributed by atoms with Gasteiger partial charge in [-0.1, -0.05) is 17.7 Å². The molecule has 0 saturated heterocycles. The number of carbonyl (C=O) groups is 1. The summed E-state index contributed by atoms with van der Waals surface area (Å²) < 4.78 is 0. The first-order chi connectivity index (χ1) is 5.74. The van der Waals surface area contributed by atoms with Crippen LogP contribution in [-0.2, 0) is 4.79 Å². The number of hydrogen-bond donors (Lipinski definition) is 1. The van der Waals surface area contributed by atoms with Gasteiger partial charge in [0.2, 0.25) is 0 Å². The number of hydrogen-bond acceptors (Lipinski definition) is 2. The highest BCUT2D eigenvalue weighted by atomic mass is 16.1. The highest BCUT2D eigenvalue weighted by molar-refractivity contribution is 5.44. The van der Waals surface area contributed by atoms with Crippen LogP contribution in [-0.4, -0.2) is 13.3 Å². The molecule has 2 nitrogen and oxygen atoms in total. The van der Waals surface area contributed by atoms with Crippen LogP contribution in [0.15, 0.2) is 24.3 Å².